The van der Waals surface area contributed by atoms with Crippen molar-refractivity contribution in [2.45, 2.75) is 62.4 Å². The van der Waals surface area contributed by atoms with Crippen LogP contribution in [0.4, 0.5) is 13.2 Å². The Morgan fingerprint density at radius 1 is 1.14 bits per heavy atom. The average molecular weight is 491 g/mol. The minimum absolute atomic E-state index is 0.0595. The van der Waals surface area contributed by atoms with Crippen molar-refractivity contribution in [1.82, 2.24) is 10.2 Å². The molecular weight excluding hydrogens is 457 g/mol. The molecule has 0 radical (unpaired) electrons. The van der Waals surface area contributed by atoms with Crippen LogP contribution >= 0.6 is 0 Å². The maximum atomic E-state index is 13.6. The average Bonchev–Trinajstić information content (AvgIpc) is 3.28. The first-order chi connectivity index (χ1) is 16.6. The largest absolute Gasteiger partial charge is 0.489 e. The third-order valence-corrected chi connectivity index (χ3v) is 7.61. The number of hydrogen-bond donors (Lipinski definition) is 2. The fraction of sp³-hybridized carbons (Fsp3) is 0.519. The molecule has 0 aromatic heterocycles. The SMILES string of the molecule is CN(C)C1(c2ccccc2)CCC(Cc2cc(O[C@@H]3CN[C@H](C(=O)O)C3)cc(C(F)(F)F)c2)CC1. The molecule has 2 N–H and O–H groups in total. The van der Waals surface area contributed by atoms with Gasteiger partial charge in [-0.05, 0) is 81.4 Å². The van der Waals surface area contributed by atoms with Gasteiger partial charge in [0, 0.05) is 18.5 Å². The summed E-state index contributed by atoms with van der Waals surface area (Å²) in [4.78, 5) is 13.4. The zero-order valence-electron chi connectivity index (χ0n) is 20.1. The summed E-state index contributed by atoms with van der Waals surface area (Å²) in [5.41, 5.74) is 1.10. The van der Waals surface area contributed by atoms with Crippen LogP contribution in [0.15, 0.2) is 48.5 Å². The van der Waals surface area contributed by atoms with Gasteiger partial charge in [0.05, 0.1) is 5.56 Å². The van der Waals surface area contributed by atoms with Gasteiger partial charge in [0.15, 0.2) is 0 Å². The van der Waals surface area contributed by atoms with E-state index < -0.39 is 29.9 Å². The van der Waals surface area contributed by atoms with Gasteiger partial charge in [0.25, 0.3) is 0 Å². The zero-order valence-corrected chi connectivity index (χ0v) is 20.1. The highest BCUT2D eigenvalue weighted by atomic mass is 19.4. The van der Waals surface area contributed by atoms with Gasteiger partial charge in [-0.25, -0.2) is 0 Å². The van der Waals surface area contributed by atoms with E-state index >= 15 is 0 Å². The van der Waals surface area contributed by atoms with E-state index in [2.05, 4.69) is 48.6 Å². The molecule has 2 aromatic rings. The molecule has 2 fully saturated rings. The summed E-state index contributed by atoms with van der Waals surface area (Å²) < 4.78 is 46.7. The molecule has 4 rings (SSSR count). The number of benzene rings is 2. The van der Waals surface area contributed by atoms with Crippen LogP contribution in [-0.2, 0) is 22.9 Å². The predicted molar refractivity (Wildman–Crippen MR) is 127 cm³/mol. The number of nitrogens with zero attached hydrogens (tertiary/aromatic N) is 1. The van der Waals surface area contributed by atoms with E-state index in [1.54, 1.807) is 6.07 Å². The first-order valence-electron chi connectivity index (χ1n) is 12.1. The Morgan fingerprint density at radius 3 is 2.40 bits per heavy atom. The van der Waals surface area contributed by atoms with Gasteiger partial charge >= 0.3 is 12.1 Å². The van der Waals surface area contributed by atoms with Crippen LogP contribution in [0.1, 0.15) is 48.8 Å². The lowest BCUT2D eigenvalue weighted by molar-refractivity contribution is -0.139. The molecule has 2 aliphatic rings. The van der Waals surface area contributed by atoms with Crippen LogP contribution < -0.4 is 10.1 Å². The van der Waals surface area contributed by atoms with Gasteiger partial charge < -0.3 is 15.2 Å². The monoisotopic (exact) mass is 490 g/mol. The number of halogens is 3. The molecule has 190 valence electrons. The lowest BCUT2D eigenvalue weighted by Crippen LogP contribution is -2.44. The maximum absolute atomic E-state index is 13.6. The number of nitrogens with one attached hydrogen (secondary N) is 1. The van der Waals surface area contributed by atoms with Crippen LogP contribution in [0.5, 0.6) is 5.75 Å². The molecule has 1 aliphatic heterocycles. The van der Waals surface area contributed by atoms with E-state index in [1.165, 1.54) is 11.6 Å². The Balaban J connectivity index is 1.48. The summed E-state index contributed by atoms with van der Waals surface area (Å²) in [6.45, 7) is 0.289. The molecule has 1 heterocycles. The number of carboxylic acids is 1. The molecule has 1 saturated carbocycles. The van der Waals surface area contributed by atoms with Crippen molar-refractivity contribution >= 4 is 5.97 Å². The Kier molecular flexibility index (Phi) is 7.43. The van der Waals surface area contributed by atoms with Gasteiger partial charge in [-0.1, -0.05) is 30.3 Å². The van der Waals surface area contributed by atoms with Crippen LogP contribution in [0.2, 0.25) is 0 Å². The lowest BCUT2D eigenvalue weighted by atomic mass is 9.70. The number of hydrogen-bond acceptors (Lipinski definition) is 4. The summed E-state index contributed by atoms with van der Waals surface area (Å²) in [7, 11) is 4.19. The summed E-state index contributed by atoms with van der Waals surface area (Å²) in [6.07, 6.45) is -0.448. The normalized spacial score (nSPS) is 27.2. The van der Waals surface area contributed by atoms with Gasteiger partial charge in [-0.3, -0.25) is 9.69 Å². The van der Waals surface area contributed by atoms with E-state index in [0.29, 0.717) is 12.0 Å². The molecule has 5 nitrogen and oxygen atoms in total. The second-order valence-electron chi connectivity index (χ2n) is 10.1. The van der Waals surface area contributed by atoms with Crippen molar-refractivity contribution in [3.63, 3.8) is 0 Å². The fourth-order valence-corrected chi connectivity index (χ4v) is 5.62. The molecular formula is C27H33F3N2O3. The topological polar surface area (TPSA) is 61.8 Å². The molecule has 0 spiro atoms. The molecule has 8 heteroatoms. The Bertz CT molecular complexity index is 1020. The van der Waals surface area contributed by atoms with E-state index in [0.717, 1.165) is 31.7 Å². The molecule has 2 aromatic carbocycles. The highest BCUT2D eigenvalue weighted by Gasteiger charge is 2.39. The van der Waals surface area contributed by atoms with E-state index in [1.807, 2.05) is 6.07 Å². The van der Waals surface area contributed by atoms with E-state index in [9.17, 15) is 18.0 Å². The molecule has 1 aliphatic carbocycles. The van der Waals surface area contributed by atoms with Crippen molar-refractivity contribution in [3.05, 3.63) is 65.2 Å². The maximum Gasteiger partial charge on any atom is 0.416 e. The van der Waals surface area contributed by atoms with Gasteiger partial charge in [0.1, 0.15) is 17.9 Å². The number of ether oxygens (including phenoxy) is 1. The second-order valence-corrected chi connectivity index (χ2v) is 10.1. The molecule has 0 unspecified atom stereocenters. The Hall–Kier alpha value is -2.58. The quantitative estimate of drug-likeness (QED) is 0.566. The summed E-state index contributed by atoms with van der Waals surface area (Å²) in [5, 5.41) is 12.0. The van der Waals surface area contributed by atoms with Crippen molar-refractivity contribution < 1.29 is 27.8 Å². The Morgan fingerprint density at radius 2 is 1.83 bits per heavy atom. The third-order valence-electron chi connectivity index (χ3n) is 7.61. The minimum atomic E-state index is -4.48. The van der Waals surface area contributed by atoms with Gasteiger partial charge in [-0.15, -0.1) is 0 Å². The molecule has 2 atom stereocenters. The first kappa shape index (κ1) is 25.5. The second kappa shape index (κ2) is 10.2. The van der Waals surface area contributed by atoms with Gasteiger partial charge in [-0.2, -0.15) is 13.2 Å². The molecule has 0 bridgehead atoms. The standard InChI is InChI=1S/C27H33F3N2O3/c1-32(2)26(20-6-4-3-5-7-20)10-8-18(9-11-26)12-19-13-21(27(28,29)30)15-22(14-19)35-23-16-24(25(33)34)31-17-23/h3-7,13-15,18,23-24,31H,8-12,16-17H2,1-2H3,(H,33,34)/t18?,23-,24-,26?/m0/s1. The molecule has 1 saturated heterocycles. The smallest absolute Gasteiger partial charge is 0.416 e. The van der Waals surface area contributed by atoms with Crippen molar-refractivity contribution in [2.24, 2.45) is 5.92 Å². The van der Waals surface area contributed by atoms with Crippen molar-refractivity contribution in [1.29, 1.82) is 0 Å². The number of rotatable bonds is 7. The minimum Gasteiger partial charge on any atom is -0.489 e. The number of carboxylic acid groups (broad SMARTS) is 1. The lowest BCUT2D eigenvalue weighted by Gasteiger charge is -2.45. The summed E-state index contributed by atoms with van der Waals surface area (Å²) in [6, 6.07) is 13.6. The fourth-order valence-electron chi connectivity index (χ4n) is 5.62. The van der Waals surface area contributed by atoms with Crippen LogP contribution in [0.3, 0.4) is 0 Å². The van der Waals surface area contributed by atoms with Crippen LogP contribution in [-0.4, -0.2) is 48.8 Å². The number of alkyl halides is 3. The first-order valence-corrected chi connectivity index (χ1v) is 12.1. The van der Waals surface area contributed by atoms with Gasteiger partial charge in [0.2, 0.25) is 0 Å². The Labute approximate surface area is 204 Å². The van der Waals surface area contributed by atoms with E-state index in [4.69, 9.17) is 9.84 Å². The van der Waals surface area contributed by atoms with Crippen LogP contribution in [0, 0.1) is 5.92 Å². The van der Waals surface area contributed by atoms with Crippen LogP contribution in [0.25, 0.3) is 0 Å². The van der Waals surface area contributed by atoms with E-state index in [-0.39, 0.29) is 30.2 Å². The third kappa shape index (κ3) is 5.81. The highest BCUT2D eigenvalue weighted by molar-refractivity contribution is 5.73. The summed E-state index contributed by atoms with van der Waals surface area (Å²) >= 11 is 0. The number of carbonyl (C=O) groups is 1. The van der Waals surface area contributed by atoms with Crippen molar-refractivity contribution in [3.8, 4) is 5.75 Å². The summed E-state index contributed by atoms with van der Waals surface area (Å²) in [5.74, 6) is -0.550. The molecule has 0 amide bonds. The highest BCUT2D eigenvalue weighted by Crippen LogP contribution is 2.44. The predicted octanol–water partition coefficient (Wildman–Crippen LogP) is 5.09. The molecule has 35 heavy (non-hydrogen) atoms. The number of aliphatic carboxylic acids is 1. The van der Waals surface area contributed by atoms with Crippen molar-refractivity contribution in [2.75, 3.05) is 20.6 Å². The zero-order chi connectivity index (χ0) is 25.2.